The fourth-order valence-corrected chi connectivity index (χ4v) is 3.43. The predicted octanol–water partition coefficient (Wildman–Crippen LogP) is 4.37. The van der Waals surface area contributed by atoms with Crippen LogP contribution in [0.2, 0.25) is 0 Å². The van der Waals surface area contributed by atoms with Crippen molar-refractivity contribution in [3.8, 4) is 0 Å². The number of rotatable bonds is 9. The smallest absolute Gasteiger partial charge is 0.257 e. The minimum Gasteiger partial charge on any atom is -0.362 e. The number of nitrogens with zero attached hydrogens (tertiary/aromatic N) is 1. The molecule has 2 amide bonds. The van der Waals surface area contributed by atoms with Gasteiger partial charge in [-0.1, -0.05) is 48.0 Å². The van der Waals surface area contributed by atoms with E-state index < -0.39 is 0 Å². The van der Waals surface area contributed by atoms with Gasteiger partial charge in [-0.2, -0.15) is 0 Å². The third-order valence-electron chi connectivity index (χ3n) is 4.89. The second kappa shape index (κ2) is 11.2. The molecule has 1 aliphatic rings. The van der Waals surface area contributed by atoms with Crippen LogP contribution in [0, 0.1) is 0 Å². The molecule has 0 aromatic heterocycles. The molecule has 5 nitrogen and oxygen atoms in total. The highest BCUT2D eigenvalue weighted by Crippen LogP contribution is 2.25. The Hall–Kier alpha value is -2.92. The number of para-hydroxylation sites is 2. The Bertz CT molecular complexity index is 779. The molecule has 0 atom stereocenters. The van der Waals surface area contributed by atoms with E-state index in [0.29, 0.717) is 6.54 Å². The van der Waals surface area contributed by atoms with Crippen LogP contribution in [0.15, 0.2) is 72.3 Å². The highest BCUT2D eigenvalue weighted by atomic mass is 16.5. The van der Waals surface area contributed by atoms with E-state index in [2.05, 4.69) is 11.4 Å². The first kappa shape index (κ1) is 20.8. The zero-order valence-electron chi connectivity index (χ0n) is 16.7. The van der Waals surface area contributed by atoms with Crippen molar-refractivity contribution in [3.05, 3.63) is 72.3 Å². The zero-order valence-corrected chi connectivity index (χ0v) is 16.7. The van der Waals surface area contributed by atoms with Crippen LogP contribution in [-0.2, 0) is 14.3 Å². The fraction of sp³-hybridized carbons (Fsp3) is 0.333. The van der Waals surface area contributed by atoms with E-state index in [1.807, 2.05) is 60.7 Å². The quantitative estimate of drug-likeness (QED) is 0.645. The molecule has 29 heavy (non-hydrogen) atoms. The molecule has 5 heteroatoms. The van der Waals surface area contributed by atoms with Gasteiger partial charge in [0.1, 0.15) is 13.2 Å². The van der Waals surface area contributed by atoms with Crippen molar-refractivity contribution in [1.29, 1.82) is 0 Å². The molecule has 0 bridgehead atoms. The monoisotopic (exact) mass is 392 g/mol. The van der Waals surface area contributed by atoms with Crippen LogP contribution in [0.5, 0.6) is 0 Å². The summed E-state index contributed by atoms with van der Waals surface area (Å²) in [4.78, 5) is 26.4. The van der Waals surface area contributed by atoms with Crippen LogP contribution in [0.3, 0.4) is 0 Å². The van der Waals surface area contributed by atoms with Gasteiger partial charge in [-0.3, -0.25) is 14.5 Å². The number of amides is 2. The van der Waals surface area contributed by atoms with E-state index >= 15 is 0 Å². The lowest BCUT2D eigenvalue weighted by Gasteiger charge is -2.23. The van der Waals surface area contributed by atoms with Crippen LogP contribution >= 0.6 is 0 Å². The molecule has 3 rings (SSSR count). The van der Waals surface area contributed by atoms with E-state index in [9.17, 15) is 9.59 Å². The minimum atomic E-state index is -0.220. The Balaban J connectivity index is 1.47. The molecule has 0 heterocycles. The van der Waals surface area contributed by atoms with Gasteiger partial charge >= 0.3 is 0 Å². The molecular weight excluding hydrogens is 364 g/mol. The van der Waals surface area contributed by atoms with Crippen LogP contribution in [0.4, 0.5) is 11.4 Å². The molecule has 1 aliphatic carbocycles. The maximum absolute atomic E-state index is 12.8. The normalized spacial score (nSPS) is 13.4. The lowest BCUT2D eigenvalue weighted by Crippen LogP contribution is -2.33. The van der Waals surface area contributed by atoms with Gasteiger partial charge < -0.3 is 10.1 Å². The third kappa shape index (κ3) is 6.57. The van der Waals surface area contributed by atoms with Crippen molar-refractivity contribution in [3.63, 3.8) is 0 Å². The molecule has 2 aromatic rings. The third-order valence-corrected chi connectivity index (χ3v) is 4.89. The summed E-state index contributed by atoms with van der Waals surface area (Å²) in [5, 5.41) is 2.87. The van der Waals surface area contributed by atoms with Gasteiger partial charge in [0.05, 0.1) is 0 Å². The van der Waals surface area contributed by atoms with Crippen molar-refractivity contribution in [2.75, 3.05) is 24.7 Å². The largest absolute Gasteiger partial charge is 0.362 e. The van der Waals surface area contributed by atoms with Gasteiger partial charge in [-0.05, 0) is 56.4 Å². The second-order valence-corrected chi connectivity index (χ2v) is 7.10. The molecule has 0 saturated carbocycles. The first-order chi connectivity index (χ1) is 14.2. The van der Waals surface area contributed by atoms with E-state index in [4.69, 9.17) is 4.74 Å². The molecule has 1 N–H and O–H groups in total. The Morgan fingerprint density at radius 2 is 1.55 bits per heavy atom. The highest BCUT2D eigenvalue weighted by molar-refractivity contribution is 6.01. The van der Waals surface area contributed by atoms with Crippen LogP contribution < -0.4 is 10.2 Å². The Morgan fingerprint density at radius 3 is 2.14 bits per heavy atom. The average Bonchev–Trinajstić information content (AvgIpc) is 2.76. The number of nitrogens with one attached hydrogen (secondary N) is 1. The van der Waals surface area contributed by atoms with E-state index in [0.717, 1.165) is 30.6 Å². The van der Waals surface area contributed by atoms with E-state index in [1.54, 1.807) is 4.90 Å². The predicted molar refractivity (Wildman–Crippen MR) is 115 cm³/mol. The molecule has 2 aromatic carbocycles. The summed E-state index contributed by atoms with van der Waals surface area (Å²) in [6, 6.07) is 18.8. The summed E-state index contributed by atoms with van der Waals surface area (Å²) in [5.41, 5.74) is 2.95. The van der Waals surface area contributed by atoms with Crippen LogP contribution in [-0.4, -0.2) is 31.6 Å². The minimum absolute atomic E-state index is 0.123. The first-order valence-electron chi connectivity index (χ1n) is 10.2. The number of ether oxygens (including phenoxy) is 1. The lowest BCUT2D eigenvalue weighted by molar-refractivity contribution is -0.129. The topological polar surface area (TPSA) is 58.6 Å². The van der Waals surface area contributed by atoms with Crippen molar-refractivity contribution in [1.82, 2.24) is 5.32 Å². The number of anilines is 2. The van der Waals surface area contributed by atoms with Crippen LogP contribution in [0.1, 0.15) is 32.1 Å². The Kier molecular flexibility index (Phi) is 8.01. The molecule has 0 radical (unpaired) electrons. The summed E-state index contributed by atoms with van der Waals surface area (Å²) >= 11 is 0. The molecular formula is C24H28N2O3. The molecule has 0 saturated heterocycles. The SMILES string of the molecule is O=C(COCC(=O)N(c1ccccc1)c1ccccc1)NCCC1=CCCCC1. The number of hydrogen-bond acceptors (Lipinski definition) is 3. The van der Waals surface area contributed by atoms with Gasteiger partial charge in [0.15, 0.2) is 0 Å². The zero-order chi connectivity index (χ0) is 20.3. The van der Waals surface area contributed by atoms with Crippen molar-refractivity contribution < 1.29 is 14.3 Å². The average molecular weight is 392 g/mol. The van der Waals surface area contributed by atoms with Gasteiger partial charge in [0.2, 0.25) is 5.91 Å². The standard InChI is InChI=1S/C24H28N2O3/c27-23(25-17-16-20-10-4-1-5-11-20)18-29-19-24(28)26(21-12-6-2-7-13-21)22-14-8-3-9-15-22/h2-3,6-10,12-15H,1,4-5,11,16-19H2,(H,25,27). The summed E-state index contributed by atoms with van der Waals surface area (Å²) in [5.74, 6) is -0.414. The van der Waals surface area contributed by atoms with E-state index in [1.165, 1.54) is 18.4 Å². The summed E-state index contributed by atoms with van der Waals surface area (Å²) < 4.78 is 5.41. The van der Waals surface area contributed by atoms with Crippen molar-refractivity contribution in [2.45, 2.75) is 32.1 Å². The fourth-order valence-electron chi connectivity index (χ4n) is 3.43. The van der Waals surface area contributed by atoms with Crippen molar-refractivity contribution >= 4 is 23.2 Å². The highest BCUT2D eigenvalue weighted by Gasteiger charge is 2.18. The summed E-state index contributed by atoms with van der Waals surface area (Å²) in [7, 11) is 0. The Morgan fingerprint density at radius 1 is 0.897 bits per heavy atom. The number of carbonyl (C=O) groups excluding carboxylic acids is 2. The molecule has 0 spiro atoms. The van der Waals surface area contributed by atoms with Gasteiger partial charge in [0.25, 0.3) is 5.91 Å². The van der Waals surface area contributed by atoms with Crippen LogP contribution in [0.25, 0.3) is 0 Å². The lowest BCUT2D eigenvalue weighted by atomic mass is 9.97. The number of allylic oxidation sites excluding steroid dienone is 1. The molecule has 152 valence electrons. The van der Waals surface area contributed by atoms with Gasteiger partial charge in [-0.15, -0.1) is 0 Å². The number of carbonyl (C=O) groups is 2. The molecule has 0 unspecified atom stereocenters. The van der Waals surface area contributed by atoms with Gasteiger partial charge in [0, 0.05) is 17.9 Å². The maximum Gasteiger partial charge on any atom is 0.257 e. The maximum atomic E-state index is 12.8. The van der Waals surface area contributed by atoms with Crippen molar-refractivity contribution in [2.24, 2.45) is 0 Å². The summed E-state index contributed by atoms with van der Waals surface area (Å²) in [6.07, 6.45) is 7.96. The first-order valence-corrected chi connectivity index (χ1v) is 10.2. The Labute approximate surface area is 172 Å². The van der Waals surface area contributed by atoms with E-state index in [-0.39, 0.29) is 25.0 Å². The van der Waals surface area contributed by atoms with Gasteiger partial charge in [-0.25, -0.2) is 0 Å². The number of hydrogen-bond donors (Lipinski definition) is 1. The number of benzene rings is 2. The molecule has 0 fully saturated rings. The second-order valence-electron chi connectivity index (χ2n) is 7.10. The molecule has 0 aliphatic heterocycles. The summed E-state index contributed by atoms with van der Waals surface area (Å²) in [6.45, 7) is 0.326.